The number of aromatic nitrogens is 1. The molecule has 110 valence electrons. The average molecular weight is 277 g/mol. The first-order valence-corrected chi connectivity index (χ1v) is 7.19. The second kappa shape index (κ2) is 6.70. The summed E-state index contributed by atoms with van der Waals surface area (Å²) >= 11 is 0. The van der Waals surface area contributed by atoms with Gasteiger partial charge < -0.3 is 15.3 Å². The number of carbonyl (C=O) groups excluding carboxylic acids is 1. The number of carbonyl (C=O) groups is 1. The highest BCUT2D eigenvalue weighted by Gasteiger charge is 2.25. The van der Waals surface area contributed by atoms with Gasteiger partial charge in [0.1, 0.15) is 5.82 Å². The molecule has 1 fully saturated rings. The van der Waals surface area contributed by atoms with Crippen molar-refractivity contribution in [3.8, 4) is 0 Å². The van der Waals surface area contributed by atoms with Crippen LogP contribution in [0.4, 0.5) is 5.82 Å². The second-order valence-electron chi connectivity index (χ2n) is 5.55. The van der Waals surface area contributed by atoms with E-state index in [9.17, 15) is 9.90 Å². The van der Waals surface area contributed by atoms with Crippen molar-refractivity contribution in [1.29, 1.82) is 0 Å². The third kappa shape index (κ3) is 3.93. The van der Waals surface area contributed by atoms with Gasteiger partial charge in [0.15, 0.2) is 0 Å². The molecule has 2 N–H and O–H groups in total. The van der Waals surface area contributed by atoms with E-state index in [2.05, 4.69) is 21.3 Å². The third-order valence-corrected chi connectivity index (χ3v) is 3.66. The highest BCUT2D eigenvalue weighted by atomic mass is 16.3. The van der Waals surface area contributed by atoms with Gasteiger partial charge in [0.25, 0.3) is 0 Å². The number of anilines is 1. The van der Waals surface area contributed by atoms with Crippen LogP contribution in [0.3, 0.4) is 0 Å². The number of aliphatic hydroxyl groups is 1. The molecule has 1 saturated heterocycles. The van der Waals surface area contributed by atoms with Crippen molar-refractivity contribution in [1.82, 2.24) is 10.3 Å². The normalized spacial score (nSPS) is 17.9. The number of piperidine rings is 1. The fraction of sp³-hybridized carbons (Fsp3) is 0.600. The fourth-order valence-electron chi connectivity index (χ4n) is 2.41. The molecule has 1 aromatic rings. The molecule has 1 aliphatic heterocycles. The third-order valence-electron chi connectivity index (χ3n) is 3.66. The molecule has 1 atom stereocenters. The largest absolute Gasteiger partial charge is 0.392 e. The number of nitrogens with one attached hydrogen (secondary N) is 1. The molecule has 5 heteroatoms. The lowest BCUT2D eigenvalue weighted by Gasteiger charge is -2.32. The molecule has 1 unspecified atom stereocenters. The molecule has 2 heterocycles. The Labute approximate surface area is 120 Å². The Hall–Kier alpha value is -1.62. The van der Waals surface area contributed by atoms with Crippen molar-refractivity contribution >= 4 is 11.7 Å². The van der Waals surface area contributed by atoms with Gasteiger partial charge in [-0.25, -0.2) is 4.98 Å². The quantitative estimate of drug-likeness (QED) is 0.865. The highest BCUT2D eigenvalue weighted by Crippen LogP contribution is 2.21. The van der Waals surface area contributed by atoms with E-state index in [1.807, 2.05) is 19.2 Å². The van der Waals surface area contributed by atoms with Gasteiger partial charge in [-0.3, -0.25) is 4.79 Å². The highest BCUT2D eigenvalue weighted by molar-refractivity contribution is 5.79. The van der Waals surface area contributed by atoms with Crippen LogP contribution in [0, 0.1) is 12.8 Å². The summed E-state index contributed by atoms with van der Waals surface area (Å²) in [6.45, 7) is 5.73. The lowest BCUT2D eigenvalue weighted by Crippen LogP contribution is -2.42. The second-order valence-corrected chi connectivity index (χ2v) is 5.55. The van der Waals surface area contributed by atoms with Gasteiger partial charge in [-0.15, -0.1) is 0 Å². The van der Waals surface area contributed by atoms with Crippen molar-refractivity contribution in [2.24, 2.45) is 5.92 Å². The van der Waals surface area contributed by atoms with Crippen molar-refractivity contribution in [2.75, 3.05) is 24.5 Å². The minimum Gasteiger partial charge on any atom is -0.392 e. The predicted molar refractivity (Wildman–Crippen MR) is 78.6 cm³/mol. The average Bonchev–Trinajstić information content (AvgIpc) is 2.46. The van der Waals surface area contributed by atoms with Crippen LogP contribution in [-0.4, -0.2) is 41.7 Å². The fourth-order valence-corrected chi connectivity index (χ4v) is 2.41. The maximum absolute atomic E-state index is 11.9. The maximum atomic E-state index is 11.9. The Balaban J connectivity index is 1.83. The number of rotatable bonds is 4. The van der Waals surface area contributed by atoms with E-state index >= 15 is 0 Å². The Kier molecular flexibility index (Phi) is 4.95. The Morgan fingerprint density at radius 2 is 2.20 bits per heavy atom. The molecular weight excluding hydrogens is 254 g/mol. The van der Waals surface area contributed by atoms with E-state index in [0.717, 1.165) is 37.3 Å². The Bertz CT molecular complexity index is 437. The van der Waals surface area contributed by atoms with Gasteiger partial charge in [0.2, 0.25) is 5.91 Å². The molecule has 0 spiro atoms. The lowest BCUT2D eigenvalue weighted by atomic mass is 9.96. The zero-order valence-corrected chi connectivity index (χ0v) is 12.2. The SMILES string of the molecule is Cc1ccc(N2CCC(C(=O)NCC(C)O)CC2)nc1. The summed E-state index contributed by atoms with van der Waals surface area (Å²) in [6.07, 6.45) is 3.05. The van der Waals surface area contributed by atoms with Crippen molar-refractivity contribution in [3.63, 3.8) is 0 Å². The van der Waals surface area contributed by atoms with Crippen molar-refractivity contribution in [2.45, 2.75) is 32.8 Å². The van der Waals surface area contributed by atoms with Gasteiger partial charge in [0.05, 0.1) is 6.10 Å². The first-order chi connectivity index (χ1) is 9.56. The lowest BCUT2D eigenvalue weighted by molar-refractivity contribution is -0.126. The minimum absolute atomic E-state index is 0.0513. The van der Waals surface area contributed by atoms with E-state index in [1.165, 1.54) is 0 Å². The van der Waals surface area contributed by atoms with Crippen LogP contribution in [-0.2, 0) is 4.79 Å². The summed E-state index contributed by atoms with van der Waals surface area (Å²) in [5.74, 6) is 1.09. The van der Waals surface area contributed by atoms with Crippen molar-refractivity contribution < 1.29 is 9.90 Å². The zero-order valence-electron chi connectivity index (χ0n) is 12.2. The number of aryl methyl sites for hydroxylation is 1. The number of nitrogens with zero attached hydrogens (tertiary/aromatic N) is 2. The van der Waals surface area contributed by atoms with Crippen LogP contribution < -0.4 is 10.2 Å². The van der Waals surface area contributed by atoms with Crippen molar-refractivity contribution in [3.05, 3.63) is 23.9 Å². The first-order valence-electron chi connectivity index (χ1n) is 7.19. The summed E-state index contributed by atoms with van der Waals surface area (Å²) in [6, 6.07) is 4.09. The predicted octanol–water partition coefficient (Wildman–Crippen LogP) is 1.10. The Morgan fingerprint density at radius 1 is 1.50 bits per heavy atom. The Morgan fingerprint density at radius 3 is 2.75 bits per heavy atom. The van der Waals surface area contributed by atoms with Gasteiger partial charge in [0, 0.05) is 31.7 Å². The van der Waals surface area contributed by atoms with E-state index in [1.54, 1.807) is 6.92 Å². The van der Waals surface area contributed by atoms with Gasteiger partial charge in [-0.2, -0.15) is 0 Å². The van der Waals surface area contributed by atoms with Crippen LogP contribution in [0.25, 0.3) is 0 Å². The summed E-state index contributed by atoms with van der Waals surface area (Å²) in [4.78, 5) is 18.6. The summed E-state index contributed by atoms with van der Waals surface area (Å²) in [7, 11) is 0. The first kappa shape index (κ1) is 14.8. The summed E-state index contributed by atoms with van der Waals surface area (Å²) in [5, 5.41) is 12.0. The number of aliphatic hydroxyl groups excluding tert-OH is 1. The number of amides is 1. The van der Waals surface area contributed by atoms with Crippen LogP contribution in [0.15, 0.2) is 18.3 Å². The minimum atomic E-state index is -0.490. The van der Waals surface area contributed by atoms with Crippen LogP contribution in [0.1, 0.15) is 25.3 Å². The molecule has 1 aliphatic rings. The number of hydrogen-bond donors (Lipinski definition) is 2. The molecule has 0 aromatic carbocycles. The molecule has 0 saturated carbocycles. The monoisotopic (exact) mass is 277 g/mol. The molecule has 1 amide bonds. The van der Waals surface area contributed by atoms with E-state index in [0.29, 0.717) is 6.54 Å². The van der Waals surface area contributed by atoms with Crippen LogP contribution in [0.2, 0.25) is 0 Å². The van der Waals surface area contributed by atoms with E-state index in [4.69, 9.17) is 0 Å². The smallest absolute Gasteiger partial charge is 0.223 e. The van der Waals surface area contributed by atoms with Crippen LogP contribution >= 0.6 is 0 Å². The standard InChI is InChI=1S/C15H23N3O2/c1-11-3-4-14(16-9-11)18-7-5-13(6-8-18)15(20)17-10-12(2)19/h3-4,9,12-13,19H,5-8,10H2,1-2H3,(H,17,20). The molecular formula is C15H23N3O2. The molecule has 0 bridgehead atoms. The summed E-state index contributed by atoms with van der Waals surface area (Å²) in [5.41, 5.74) is 1.15. The molecule has 20 heavy (non-hydrogen) atoms. The topological polar surface area (TPSA) is 65.5 Å². The number of pyridine rings is 1. The van der Waals surface area contributed by atoms with Gasteiger partial charge in [-0.1, -0.05) is 6.07 Å². The molecule has 1 aromatic heterocycles. The van der Waals surface area contributed by atoms with E-state index in [-0.39, 0.29) is 11.8 Å². The molecule has 0 radical (unpaired) electrons. The van der Waals surface area contributed by atoms with Crippen LogP contribution in [0.5, 0.6) is 0 Å². The molecule has 0 aliphatic carbocycles. The maximum Gasteiger partial charge on any atom is 0.223 e. The zero-order chi connectivity index (χ0) is 14.5. The molecule has 2 rings (SSSR count). The van der Waals surface area contributed by atoms with Gasteiger partial charge in [-0.05, 0) is 38.3 Å². The van der Waals surface area contributed by atoms with Gasteiger partial charge >= 0.3 is 0 Å². The molecule has 5 nitrogen and oxygen atoms in total. The number of hydrogen-bond acceptors (Lipinski definition) is 4. The van der Waals surface area contributed by atoms with E-state index < -0.39 is 6.10 Å². The summed E-state index contributed by atoms with van der Waals surface area (Å²) < 4.78 is 0.